The fourth-order valence-corrected chi connectivity index (χ4v) is 6.41. The third-order valence-corrected chi connectivity index (χ3v) is 9.02. The molecule has 1 amide bonds. The highest BCUT2D eigenvalue weighted by molar-refractivity contribution is 7.89. The van der Waals surface area contributed by atoms with E-state index in [0.29, 0.717) is 25.5 Å². The Kier molecular flexibility index (Phi) is 9.89. The maximum absolute atomic E-state index is 13.8. The summed E-state index contributed by atoms with van der Waals surface area (Å²) >= 11 is 0. The van der Waals surface area contributed by atoms with Crippen LogP contribution >= 0.6 is 0 Å². The second kappa shape index (κ2) is 13.3. The summed E-state index contributed by atoms with van der Waals surface area (Å²) in [6, 6.07) is 14.1. The third kappa shape index (κ3) is 7.24. The largest absolute Gasteiger partial charge is 0.352 e. The first kappa shape index (κ1) is 29.6. The maximum Gasteiger partial charge on any atom is 0.243 e. The number of nitrogens with one attached hydrogen (secondary N) is 1. The second-order valence-corrected chi connectivity index (χ2v) is 12.4. The van der Waals surface area contributed by atoms with Crippen molar-refractivity contribution in [3.63, 3.8) is 0 Å². The number of carbonyl (C=O) groups is 1. The van der Waals surface area contributed by atoms with E-state index < -0.39 is 16.1 Å². The highest BCUT2D eigenvalue weighted by Crippen LogP contribution is 2.25. The number of aryl methyl sites for hydroxylation is 2. The molecule has 9 nitrogen and oxygen atoms in total. The summed E-state index contributed by atoms with van der Waals surface area (Å²) < 4.78 is 28.9. The van der Waals surface area contributed by atoms with Crippen molar-refractivity contribution in [1.82, 2.24) is 24.5 Å². The van der Waals surface area contributed by atoms with Crippen LogP contribution in [0.5, 0.6) is 0 Å². The first-order valence-electron chi connectivity index (χ1n) is 13.9. The molecule has 10 heteroatoms. The van der Waals surface area contributed by atoms with Gasteiger partial charge in [-0.1, -0.05) is 56.7 Å². The zero-order valence-corrected chi connectivity index (χ0v) is 24.7. The Labute approximate surface area is 238 Å². The number of hydrogen-bond acceptors (Lipinski definition) is 7. The van der Waals surface area contributed by atoms with Gasteiger partial charge in [0, 0.05) is 32.7 Å². The fourth-order valence-electron chi connectivity index (χ4n) is 4.84. The minimum atomic E-state index is -3.90. The van der Waals surface area contributed by atoms with E-state index in [9.17, 15) is 13.2 Å². The first-order valence-corrected chi connectivity index (χ1v) is 15.3. The molecule has 0 unspecified atom stereocenters. The van der Waals surface area contributed by atoms with Crippen LogP contribution in [0.25, 0.3) is 0 Å². The predicted octanol–water partition coefficient (Wildman–Crippen LogP) is 3.25. The number of aromatic nitrogens is 2. The average molecular weight is 565 g/mol. The van der Waals surface area contributed by atoms with Crippen molar-refractivity contribution < 1.29 is 13.2 Å². The van der Waals surface area contributed by atoms with Crippen molar-refractivity contribution in [1.29, 1.82) is 0 Å². The smallest absolute Gasteiger partial charge is 0.243 e. The van der Waals surface area contributed by atoms with E-state index in [4.69, 9.17) is 0 Å². The molecule has 1 saturated heterocycles. The van der Waals surface area contributed by atoms with Gasteiger partial charge in [0.2, 0.25) is 15.9 Å². The average Bonchev–Trinajstić information content (AvgIpc) is 2.96. The molecular formula is C30H40N6O3S. The van der Waals surface area contributed by atoms with Gasteiger partial charge in [0.1, 0.15) is 11.9 Å². The minimum Gasteiger partial charge on any atom is -0.352 e. The van der Waals surface area contributed by atoms with Crippen LogP contribution in [0.1, 0.15) is 42.7 Å². The van der Waals surface area contributed by atoms with Crippen molar-refractivity contribution in [2.24, 2.45) is 0 Å². The van der Waals surface area contributed by atoms with E-state index in [-0.39, 0.29) is 23.9 Å². The molecule has 0 radical (unpaired) electrons. The molecule has 1 atom stereocenters. The van der Waals surface area contributed by atoms with Gasteiger partial charge in [-0.25, -0.2) is 13.4 Å². The van der Waals surface area contributed by atoms with Crippen LogP contribution in [0.3, 0.4) is 0 Å². The standard InChI is InChI=1S/C30H40N6O3S/c1-5-7-24-8-10-25(11-9-24)18-33-30(37)28-22-35(29-20-31-26(19-32-29)21-34(3)4)16-17-36(28)40(38,39)27-14-12-23(6-2)13-15-27/h8-15,19-20,28H,5-7,16-18,21-22H2,1-4H3,(H,33,37)/t28-/m1/s1. The predicted molar refractivity (Wildman–Crippen MR) is 157 cm³/mol. The van der Waals surface area contributed by atoms with Gasteiger partial charge in [-0.15, -0.1) is 0 Å². The zero-order chi connectivity index (χ0) is 28.7. The Morgan fingerprint density at radius 1 is 0.950 bits per heavy atom. The zero-order valence-electron chi connectivity index (χ0n) is 23.9. The fraction of sp³-hybridized carbons (Fsp3) is 0.433. The summed E-state index contributed by atoms with van der Waals surface area (Å²) in [6.45, 7) is 5.88. The molecule has 1 aliphatic heterocycles. The lowest BCUT2D eigenvalue weighted by Gasteiger charge is -2.40. The van der Waals surface area contributed by atoms with Gasteiger partial charge in [-0.05, 0) is 55.8 Å². The number of rotatable bonds is 11. The van der Waals surface area contributed by atoms with E-state index in [2.05, 4.69) is 34.3 Å². The van der Waals surface area contributed by atoms with Crippen LogP contribution in [-0.4, -0.2) is 73.3 Å². The monoisotopic (exact) mass is 564 g/mol. The van der Waals surface area contributed by atoms with Crippen LogP contribution in [0, 0.1) is 0 Å². The Bertz CT molecular complexity index is 1360. The molecule has 40 heavy (non-hydrogen) atoms. The number of sulfonamides is 1. The Morgan fingerprint density at radius 2 is 1.62 bits per heavy atom. The van der Waals surface area contributed by atoms with Gasteiger partial charge in [0.05, 0.1) is 23.0 Å². The lowest BCUT2D eigenvalue weighted by atomic mass is 10.1. The van der Waals surface area contributed by atoms with E-state index in [0.717, 1.165) is 36.1 Å². The van der Waals surface area contributed by atoms with Crippen molar-refractivity contribution in [3.05, 3.63) is 83.3 Å². The second-order valence-electron chi connectivity index (χ2n) is 10.5. The van der Waals surface area contributed by atoms with Crippen molar-refractivity contribution in [2.45, 2.75) is 57.1 Å². The summed E-state index contributed by atoms with van der Waals surface area (Å²) in [4.78, 5) is 26.8. The number of hydrogen-bond donors (Lipinski definition) is 1. The van der Waals surface area contributed by atoms with E-state index >= 15 is 0 Å². The van der Waals surface area contributed by atoms with Gasteiger partial charge in [0.25, 0.3) is 0 Å². The van der Waals surface area contributed by atoms with Crippen LogP contribution in [0.4, 0.5) is 5.82 Å². The molecule has 214 valence electrons. The minimum absolute atomic E-state index is 0.156. The van der Waals surface area contributed by atoms with Crippen LogP contribution in [-0.2, 0) is 40.7 Å². The summed E-state index contributed by atoms with van der Waals surface area (Å²) in [7, 11) is 0.0345. The van der Waals surface area contributed by atoms with Crippen molar-refractivity contribution in [3.8, 4) is 0 Å². The molecule has 0 saturated carbocycles. The lowest BCUT2D eigenvalue weighted by Crippen LogP contribution is -2.60. The number of piperazine rings is 1. The molecule has 0 bridgehead atoms. The number of nitrogens with zero attached hydrogens (tertiary/aromatic N) is 5. The van der Waals surface area contributed by atoms with Gasteiger partial charge >= 0.3 is 0 Å². The van der Waals surface area contributed by atoms with Gasteiger partial charge < -0.3 is 15.1 Å². The Morgan fingerprint density at radius 3 is 2.23 bits per heavy atom. The summed E-state index contributed by atoms with van der Waals surface area (Å²) in [6.07, 6.45) is 6.32. The summed E-state index contributed by atoms with van der Waals surface area (Å²) in [5.74, 6) is 0.282. The van der Waals surface area contributed by atoms with Gasteiger partial charge in [0.15, 0.2) is 0 Å². The molecule has 4 rings (SSSR count). The highest BCUT2D eigenvalue weighted by atomic mass is 32.2. The molecule has 1 fully saturated rings. The molecule has 1 N–H and O–H groups in total. The maximum atomic E-state index is 13.8. The topological polar surface area (TPSA) is 98.7 Å². The highest BCUT2D eigenvalue weighted by Gasteiger charge is 2.40. The lowest BCUT2D eigenvalue weighted by molar-refractivity contribution is -0.125. The van der Waals surface area contributed by atoms with Crippen LogP contribution in [0.2, 0.25) is 0 Å². The Hall–Kier alpha value is -3.34. The van der Waals surface area contributed by atoms with Gasteiger partial charge in [-0.3, -0.25) is 9.78 Å². The molecule has 0 aliphatic carbocycles. The van der Waals surface area contributed by atoms with E-state index in [1.807, 2.05) is 55.1 Å². The molecule has 2 heterocycles. The summed E-state index contributed by atoms with van der Waals surface area (Å²) in [5, 5.41) is 2.98. The van der Waals surface area contributed by atoms with Crippen LogP contribution in [0.15, 0.2) is 65.8 Å². The first-order chi connectivity index (χ1) is 19.2. The SMILES string of the molecule is CCCc1ccc(CNC(=O)[C@H]2CN(c3cnc(CN(C)C)cn3)CCN2S(=O)(=O)c2ccc(CC)cc2)cc1. The van der Waals surface area contributed by atoms with Gasteiger partial charge in [-0.2, -0.15) is 4.31 Å². The quantitative estimate of drug-likeness (QED) is 0.382. The number of carbonyl (C=O) groups excluding carboxylic acids is 1. The van der Waals surface area contributed by atoms with Crippen molar-refractivity contribution >= 4 is 21.7 Å². The molecule has 0 spiro atoms. The van der Waals surface area contributed by atoms with Crippen LogP contribution < -0.4 is 10.2 Å². The number of anilines is 1. The van der Waals surface area contributed by atoms with E-state index in [1.54, 1.807) is 24.5 Å². The summed E-state index contributed by atoms with van der Waals surface area (Å²) in [5.41, 5.74) is 4.11. The number of amides is 1. The van der Waals surface area contributed by atoms with E-state index in [1.165, 1.54) is 9.87 Å². The molecular weight excluding hydrogens is 524 g/mol. The number of benzene rings is 2. The molecule has 3 aromatic rings. The van der Waals surface area contributed by atoms with Crippen molar-refractivity contribution in [2.75, 3.05) is 38.6 Å². The third-order valence-electron chi connectivity index (χ3n) is 7.09. The Balaban J connectivity index is 1.55. The molecule has 1 aromatic heterocycles. The normalized spacial score (nSPS) is 16.3. The molecule has 1 aliphatic rings. The molecule has 2 aromatic carbocycles.